The van der Waals surface area contributed by atoms with E-state index in [1.165, 1.54) is 0 Å². The van der Waals surface area contributed by atoms with Crippen LogP contribution in [0.2, 0.25) is 0 Å². The average molecular weight is 446 g/mol. The summed E-state index contributed by atoms with van der Waals surface area (Å²) in [5.41, 5.74) is 1.15. The van der Waals surface area contributed by atoms with Crippen LogP contribution in [0.25, 0.3) is 0 Å². The Hall–Kier alpha value is -1.53. The molecule has 1 atom stereocenters. The topological polar surface area (TPSA) is 48.0 Å². The van der Waals surface area contributed by atoms with E-state index in [4.69, 9.17) is 37.4 Å². The van der Waals surface area contributed by atoms with Crippen molar-refractivity contribution in [3.8, 4) is 5.75 Å². The molecule has 1 aliphatic rings. The van der Waals surface area contributed by atoms with Crippen LogP contribution in [0.4, 0.5) is 0 Å². The molecule has 2 rings (SSSR count). The zero-order valence-electron chi connectivity index (χ0n) is 17.7. The van der Waals surface area contributed by atoms with Crippen molar-refractivity contribution in [3.05, 3.63) is 54.3 Å². The van der Waals surface area contributed by atoms with Crippen LogP contribution in [0.15, 0.2) is 48.7 Å². The molecule has 5 nitrogen and oxygen atoms in total. The lowest BCUT2D eigenvalue weighted by atomic mass is 10.1. The fourth-order valence-corrected chi connectivity index (χ4v) is 2.29. The van der Waals surface area contributed by atoms with E-state index in [0.717, 1.165) is 30.8 Å². The lowest BCUT2D eigenvalue weighted by Crippen LogP contribution is -2.31. The van der Waals surface area contributed by atoms with E-state index in [0.29, 0.717) is 18.3 Å². The van der Waals surface area contributed by atoms with Crippen molar-refractivity contribution in [1.82, 2.24) is 4.90 Å². The number of rotatable bonds is 9. The second-order valence-corrected chi connectivity index (χ2v) is 6.49. The minimum atomic E-state index is -0.165. The van der Waals surface area contributed by atoms with E-state index < -0.39 is 0 Å². The molecule has 1 unspecified atom stereocenters. The van der Waals surface area contributed by atoms with Crippen molar-refractivity contribution < 1.29 is 19.0 Å². The monoisotopic (exact) mass is 445 g/mol. The first-order chi connectivity index (χ1) is 14.1. The van der Waals surface area contributed by atoms with Gasteiger partial charge in [-0.1, -0.05) is 24.3 Å². The van der Waals surface area contributed by atoms with Gasteiger partial charge in [-0.25, -0.2) is 0 Å². The Morgan fingerprint density at radius 3 is 2.10 bits per heavy atom. The highest BCUT2D eigenvalue weighted by Crippen LogP contribution is 2.16. The maximum absolute atomic E-state index is 10.9. The number of allylic oxidation sites excluding steroid dienone is 2. The van der Waals surface area contributed by atoms with E-state index in [1.807, 2.05) is 74.4 Å². The number of hydrogen-bond acceptors (Lipinski definition) is 5. The molecule has 1 heterocycles. The predicted octanol–water partition coefficient (Wildman–Crippen LogP) is 5.02. The van der Waals surface area contributed by atoms with Gasteiger partial charge in [-0.3, -0.25) is 0 Å². The summed E-state index contributed by atoms with van der Waals surface area (Å²) < 4.78 is 15.2. The van der Waals surface area contributed by atoms with E-state index in [-0.39, 0.29) is 12.3 Å². The van der Waals surface area contributed by atoms with E-state index in [9.17, 15) is 4.79 Å². The average Bonchev–Trinajstić information content (AvgIpc) is 2.76. The Balaban J connectivity index is 0.000000547. The Kier molecular flexibility index (Phi) is 17.5. The number of alkyl halides is 2. The minimum Gasteiger partial charge on any atom is -0.497 e. The molecule has 0 aliphatic carbocycles. The number of carbonyl (C=O) groups is 1. The van der Waals surface area contributed by atoms with Crippen molar-refractivity contribution in [2.24, 2.45) is 0 Å². The summed E-state index contributed by atoms with van der Waals surface area (Å²) in [5.74, 6) is 1.96. The van der Waals surface area contributed by atoms with Crippen LogP contribution >= 0.6 is 23.2 Å². The van der Waals surface area contributed by atoms with Gasteiger partial charge in [-0.05, 0) is 44.5 Å². The first-order valence-electron chi connectivity index (χ1n) is 9.60. The zero-order valence-corrected chi connectivity index (χ0v) is 19.2. The van der Waals surface area contributed by atoms with Gasteiger partial charge in [0, 0.05) is 37.7 Å². The number of benzene rings is 1. The molecule has 1 aliphatic heterocycles. The van der Waals surface area contributed by atoms with E-state index >= 15 is 0 Å². The maximum Gasteiger partial charge on any atom is 0.154 e. The highest BCUT2D eigenvalue weighted by atomic mass is 35.5. The van der Waals surface area contributed by atoms with Crippen molar-refractivity contribution in [2.45, 2.75) is 39.6 Å². The molecular weight excluding hydrogens is 413 g/mol. The van der Waals surface area contributed by atoms with Crippen LogP contribution in [-0.2, 0) is 20.8 Å². The molecule has 0 spiro atoms. The van der Waals surface area contributed by atoms with Crippen molar-refractivity contribution >= 4 is 29.5 Å². The van der Waals surface area contributed by atoms with Gasteiger partial charge in [0.25, 0.3) is 0 Å². The SMILES string of the molecule is CCOC(C)OCC.COc1ccc(CN2C=CC=CC2C=O)cc1.ClCCCl. The normalized spacial score (nSPS) is 14.6. The smallest absolute Gasteiger partial charge is 0.154 e. The number of nitrogens with zero attached hydrogens (tertiary/aromatic N) is 1. The highest BCUT2D eigenvalue weighted by molar-refractivity contribution is 6.25. The van der Waals surface area contributed by atoms with Crippen LogP contribution < -0.4 is 4.74 Å². The van der Waals surface area contributed by atoms with Gasteiger partial charge in [0.1, 0.15) is 18.1 Å². The lowest BCUT2D eigenvalue weighted by Gasteiger charge is -2.26. The molecule has 0 bridgehead atoms. The van der Waals surface area contributed by atoms with E-state index in [2.05, 4.69) is 0 Å². The van der Waals surface area contributed by atoms with Crippen LogP contribution in [0.5, 0.6) is 5.75 Å². The lowest BCUT2D eigenvalue weighted by molar-refractivity contribution is -0.123. The Bertz CT molecular complexity index is 571. The second-order valence-electron chi connectivity index (χ2n) is 5.73. The molecule has 1 aromatic carbocycles. The van der Waals surface area contributed by atoms with Gasteiger partial charge in [0.2, 0.25) is 0 Å². The molecule has 7 heteroatoms. The van der Waals surface area contributed by atoms with Crippen LogP contribution in [0.3, 0.4) is 0 Å². The van der Waals surface area contributed by atoms with E-state index in [1.54, 1.807) is 7.11 Å². The first kappa shape index (κ1) is 27.5. The molecule has 1 aromatic rings. The standard InChI is InChI=1S/C14H15NO2.C6H14O2.C2H4Cl2/c1-17-14-7-5-12(6-8-14)10-15-9-3-2-4-13(15)11-16;1-4-7-6(3)8-5-2;3-1-2-4/h2-9,11,13H,10H2,1H3;6H,4-5H2,1-3H3;1-2H2. The molecular formula is C22H33Cl2NO4. The summed E-state index contributed by atoms with van der Waals surface area (Å²) in [6.45, 7) is 7.97. The summed E-state index contributed by atoms with van der Waals surface area (Å²) in [5, 5.41) is 0. The number of carbonyl (C=O) groups excluding carboxylic acids is 1. The predicted molar refractivity (Wildman–Crippen MR) is 121 cm³/mol. The largest absolute Gasteiger partial charge is 0.497 e. The second kappa shape index (κ2) is 18.5. The van der Waals surface area contributed by atoms with Gasteiger partial charge in [0.05, 0.1) is 7.11 Å². The third kappa shape index (κ3) is 13.3. The van der Waals surface area contributed by atoms with Gasteiger partial charge >= 0.3 is 0 Å². The number of halogens is 2. The summed E-state index contributed by atoms with van der Waals surface area (Å²) in [6, 6.07) is 7.70. The van der Waals surface area contributed by atoms with Crippen molar-refractivity contribution in [2.75, 3.05) is 32.1 Å². The highest BCUT2D eigenvalue weighted by Gasteiger charge is 2.13. The molecule has 0 fully saturated rings. The molecule has 0 radical (unpaired) electrons. The third-order valence-electron chi connectivity index (χ3n) is 3.62. The minimum absolute atomic E-state index is 0.0370. The fourth-order valence-electron chi connectivity index (χ4n) is 2.29. The molecule has 0 saturated heterocycles. The Morgan fingerprint density at radius 2 is 1.66 bits per heavy atom. The molecule has 0 amide bonds. The molecule has 164 valence electrons. The first-order valence-corrected chi connectivity index (χ1v) is 10.7. The maximum atomic E-state index is 10.9. The van der Waals surface area contributed by atoms with Crippen LogP contribution in [0.1, 0.15) is 26.3 Å². The molecule has 0 saturated carbocycles. The van der Waals surface area contributed by atoms with Gasteiger partial charge in [-0.15, -0.1) is 23.2 Å². The number of hydrogen-bond donors (Lipinski definition) is 0. The van der Waals surface area contributed by atoms with Gasteiger partial charge in [0.15, 0.2) is 6.29 Å². The Labute approximate surface area is 185 Å². The molecule has 0 aromatic heterocycles. The summed E-state index contributed by atoms with van der Waals surface area (Å²) >= 11 is 10.1. The summed E-state index contributed by atoms with van der Waals surface area (Å²) in [6.07, 6.45) is 8.56. The molecule has 0 N–H and O–H groups in total. The fraction of sp³-hybridized carbons (Fsp3) is 0.500. The van der Waals surface area contributed by atoms with Gasteiger partial charge in [-0.2, -0.15) is 0 Å². The number of methoxy groups -OCH3 is 1. The quantitative estimate of drug-likeness (QED) is 0.303. The van der Waals surface area contributed by atoms with Gasteiger partial charge < -0.3 is 23.9 Å². The van der Waals surface area contributed by atoms with Crippen molar-refractivity contribution in [3.63, 3.8) is 0 Å². The number of ether oxygens (including phenoxy) is 3. The third-order valence-corrected chi connectivity index (χ3v) is 4.19. The molecule has 29 heavy (non-hydrogen) atoms. The van der Waals surface area contributed by atoms with Crippen LogP contribution in [-0.4, -0.2) is 55.6 Å². The van der Waals surface area contributed by atoms with Crippen molar-refractivity contribution in [1.29, 1.82) is 0 Å². The van der Waals surface area contributed by atoms with Crippen LogP contribution in [0, 0.1) is 0 Å². The number of aldehydes is 1. The summed E-state index contributed by atoms with van der Waals surface area (Å²) in [4.78, 5) is 12.9. The zero-order chi connectivity index (χ0) is 21.9. The summed E-state index contributed by atoms with van der Waals surface area (Å²) in [7, 11) is 1.65. The Morgan fingerprint density at radius 1 is 1.07 bits per heavy atom.